The van der Waals surface area contributed by atoms with Crippen LogP contribution in [0.15, 0.2) is 0 Å². The average Bonchev–Trinajstić information content (AvgIpc) is 2.63. The zero-order valence-electron chi connectivity index (χ0n) is 10.7. The minimum absolute atomic E-state index is 0.0573. The topological polar surface area (TPSA) is 118 Å². The number of ether oxygens (including phenoxy) is 1. The van der Waals surface area contributed by atoms with Gasteiger partial charge in [-0.25, -0.2) is 5.84 Å². The van der Waals surface area contributed by atoms with Gasteiger partial charge >= 0.3 is 6.01 Å². The number of anilines is 2. The molecule has 19 heavy (non-hydrogen) atoms. The van der Waals surface area contributed by atoms with E-state index in [2.05, 4.69) is 25.7 Å². The van der Waals surface area contributed by atoms with Gasteiger partial charge in [-0.3, -0.25) is 10.2 Å². The first-order valence-electron chi connectivity index (χ1n) is 6.10. The minimum atomic E-state index is -0.0573. The fourth-order valence-electron chi connectivity index (χ4n) is 1.72. The van der Waals surface area contributed by atoms with Gasteiger partial charge in [-0.2, -0.15) is 15.0 Å². The van der Waals surface area contributed by atoms with Crippen LogP contribution in [0.2, 0.25) is 0 Å². The van der Waals surface area contributed by atoms with Crippen molar-refractivity contribution in [2.45, 2.75) is 13.3 Å². The molecule has 1 aromatic heterocycles. The Labute approximate surface area is 110 Å². The largest absolute Gasteiger partial charge is 0.464 e. The number of rotatable bonds is 4. The van der Waals surface area contributed by atoms with E-state index < -0.39 is 0 Å². The number of nitrogens with zero attached hydrogens (tertiary/aromatic N) is 4. The number of hydrogen-bond donors (Lipinski definition) is 3. The van der Waals surface area contributed by atoms with Crippen LogP contribution in [0.5, 0.6) is 6.01 Å². The molecule has 9 nitrogen and oxygen atoms in total. The Hall–Kier alpha value is -2.16. The molecule has 0 aromatic carbocycles. The number of hydrazine groups is 1. The van der Waals surface area contributed by atoms with Crippen LogP contribution in [0.1, 0.15) is 13.3 Å². The van der Waals surface area contributed by atoms with E-state index in [4.69, 9.17) is 10.6 Å². The van der Waals surface area contributed by atoms with Crippen molar-refractivity contribution < 1.29 is 9.53 Å². The average molecular weight is 267 g/mol. The first-order valence-corrected chi connectivity index (χ1v) is 6.10. The normalized spacial score (nSPS) is 15.7. The molecule has 0 radical (unpaired) electrons. The molecular weight excluding hydrogens is 250 g/mol. The highest BCUT2D eigenvalue weighted by Gasteiger charge is 2.19. The van der Waals surface area contributed by atoms with Crippen LogP contribution >= 0.6 is 0 Å². The van der Waals surface area contributed by atoms with Crippen LogP contribution in [0, 0.1) is 0 Å². The molecule has 1 fully saturated rings. The molecule has 4 N–H and O–H groups in total. The van der Waals surface area contributed by atoms with Crippen molar-refractivity contribution >= 4 is 17.8 Å². The maximum absolute atomic E-state index is 11.5. The highest BCUT2D eigenvalue weighted by atomic mass is 16.5. The fraction of sp³-hybridized carbons (Fsp3) is 0.600. The lowest BCUT2D eigenvalue weighted by molar-refractivity contribution is -0.119. The third-order valence-electron chi connectivity index (χ3n) is 2.55. The molecule has 0 saturated carbocycles. The molecule has 0 aliphatic carbocycles. The Kier molecular flexibility index (Phi) is 4.29. The monoisotopic (exact) mass is 267 g/mol. The minimum Gasteiger partial charge on any atom is -0.464 e. The van der Waals surface area contributed by atoms with Crippen molar-refractivity contribution in [1.82, 2.24) is 20.3 Å². The molecule has 0 spiro atoms. The summed E-state index contributed by atoms with van der Waals surface area (Å²) in [6.45, 7) is 3.81. The number of carbonyl (C=O) groups is 1. The van der Waals surface area contributed by atoms with Gasteiger partial charge in [-0.05, 0) is 13.3 Å². The summed E-state index contributed by atoms with van der Waals surface area (Å²) in [4.78, 5) is 25.6. The van der Waals surface area contributed by atoms with Gasteiger partial charge in [0.1, 0.15) is 0 Å². The van der Waals surface area contributed by atoms with Crippen molar-refractivity contribution in [3.63, 3.8) is 0 Å². The van der Waals surface area contributed by atoms with Gasteiger partial charge in [0.25, 0.3) is 0 Å². The second-order valence-corrected chi connectivity index (χ2v) is 3.94. The highest BCUT2D eigenvalue weighted by molar-refractivity contribution is 5.81. The summed E-state index contributed by atoms with van der Waals surface area (Å²) in [7, 11) is 0. The van der Waals surface area contributed by atoms with Gasteiger partial charge in [0.15, 0.2) is 0 Å². The van der Waals surface area contributed by atoms with Crippen molar-refractivity contribution in [2.75, 3.05) is 36.6 Å². The SMILES string of the molecule is CCOc1nc(NN)nc(N2CCCNC(=O)C2)n1. The summed E-state index contributed by atoms with van der Waals surface area (Å²) in [6, 6.07) is 0.185. The van der Waals surface area contributed by atoms with Crippen LogP contribution in [-0.2, 0) is 4.79 Å². The van der Waals surface area contributed by atoms with Crippen molar-refractivity contribution in [3.8, 4) is 6.01 Å². The molecule has 2 heterocycles. The zero-order valence-corrected chi connectivity index (χ0v) is 10.7. The molecule has 0 bridgehead atoms. The molecule has 1 aromatic rings. The summed E-state index contributed by atoms with van der Waals surface area (Å²) >= 11 is 0. The van der Waals surface area contributed by atoms with Gasteiger partial charge in [0.2, 0.25) is 17.8 Å². The highest BCUT2D eigenvalue weighted by Crippen LogP contribution is 2.15. The van der Waals surface area contributed by atoms with E-state index in [-0.39, 0.29) is 24.4 Å². The fourth-order valence-corrected chi connectivity index (χ4v) is 1.72. The second-order valence-electron chi connectivity index (χ2n) is 3.94. The lowest BCUT2D eigenvalue weighted by atomic mass is 10.4. The van der Waals surface area contributed by atoms with Crippen LogP contribution in [0.25, 0.3) is 0 Å². The van der Waals surface area contributed by atoms with Crippen LogP contribution in [0.4, 0.5) is 11.9 Å². The predicted octanol–water partition coefficient (Wildman–Crippen LogP) is -1.12. The van der Waals surface area contributed by atoms with Gasteiger partial charge in [0.05, 0.1) is 13.2 Å². The van der Waals surface area contributed by atoms with E-state index in [1.807, 2.05) is 6.92 Å². The lowest BCUT2D eigenvalue weighted by Crippen LogP contribution is -2.34. The lowest BCUT2D eigenvalue weighted by Gasteiger charge is -2.19. The number of nitrogens with two attached hydrogens (primary N) is 1. The van der Waals surface area contributed by atoms with Gasteiger partial charge in [-0.1, -0.05) is 0 Å². The number of nitrogens with one attached hydrogen (secondary N) is 2. The molecule has 0 atom stereocenters. The van der Waals surface area contributed by atoms with E-state index >= 15 is 0 Å². The summed E-state index contributed by atoms with van der Waals surface area (Å²) in [5.74, 6) is 5.84. The molecule has 104 valence electrons. The number of amides is 1. The second kappa shape index (κ2) is 6.14. The molecular formula is C10H17N7O2. The van der Waals surface area contributed by atoms with E-state index in [1.165, 1.54) is 0 Å². The predicted molar refractivity (Wildman–Crippen MR) is 68.6 cm³/mol. The van der Waals surface area contributed by atoms with Crippen LogP contribution < -0.4 is 26.2 Å². The van der Waals surface area contributed by atoms with Crippen LogP contribution in [0.3, 0.4) is 0 Å². The summed E-state index contributed by atoms with van der Waals surface area (Å²) in [5, 5.41) is 2.79. The van der Waals surface area contributed by atoms with Crippen LogP contribution in [-0.4, -0.2) is 47.1 Å². The van der Waals surface area contributed by atoms with Crippen molar-refractivity contribution in [3.05, 3.63) is 0 Å². The third-order valence-corrected chi connectivity index (χ3v) is 2.55. The van der Waals surface area contributed by atoms with Crippen molar-refractivity contribution in [2.24, 2.45) is 5.84 Å². The van der Waals surface area contributed by atoms with Gasteiger partial charge in [-0.15, -0.1) is 0 Å². The first kappa shape index (κ1) is 13.3. The smallest absolute Gasteiger partial charge is 0.323 e. The number of hydrogen-bond acceptors (Lipinski definition) is 8. The Balaban J connectivity index is 2.25. The third kappa shape index (κ3) is 3.41. The quantitative estimate of drug-likeness (QED) is 0.464. The van der Waals surface area contributed by atoms with E-state index in [0.29, 0.717) is 25.6 Å². The molecule has 1 saturated heterocycles. The molecule has 2 rings (SSSR count). The van der Waals surface area contributed by atoms with E-state index in [9.17, 15) is 4.79 Å². The Morgan fingerprint density at radius 3 is 3.05 bits per heavy atom. The molecule has 1 amide bonds. The standard InChI is InChI=1S/C10H17N7O2/c1-2-19-10-14-8(16-11)13-9(15-10)17-5-3-4-12-7(18)6-17/h2-6,11H2,1H3,(H,12,18)(H,13,14,15,16). The number of nitrogen functional groups attached to an aromatic ring is 1. The van der Waals surface area contributed by atoms with Gasteiger partial charge < -0.3 is 15.0 Å². The van der Waals surface area contributed by atoms with E-state index in [1.54, 1.807) is 4.90 Å². The number of aromatic nitrogens is 3. The van der Waals surface area contributed by atoms with Crippen molar-refractivity contribution in [1.29, 1.82) is 0 Å². The first-order chi connectivity index (χ1) is 9.22. The molecule has 1 aliphatic rings. The summed E-state index contributed by atoms with van der Waals surface area (Å²) in [5.41, 5.74) is 2.36. The maximum atomic E-state index is 11.5. The zero-order chi connectivity index (χ0) is 13.7. The Morgan fingerprint density at radius 2 is 2.32 bits per heavy atom. The molecule has 0 unspecified atom stereocenters. The van der Waals surface area contributed by atoms with Gasteiger partial charge in [0, 0.05) is 13.1 Å². The molecule has 1 aliphatic heterocycles. The molecule has 9 heteroatoms. The maximum Gasteiger partial charge on any atom is 0.323 e. The van der Waals surface area contributed by atoms with E-state index in [0.717, 1.165) is 6.42 Å². The number of carbonyl (C=O) groups excluding carboxylic acids is 1. The summed E-state index contributed by atoms with van der Waals surface area (Å²) < 4.78 is 5.25. The Morgan fingerprint density at radius 1 is 1.47 bits per heavy atom. The summed E-state index contributed by atoms with van der Waals surface area (Å²) in [6.07, 6.45) is 0.826. The Bertz CT molecular complexity index is 454.